The lowest BCUT2D eigenvalue weighted by Crippen LogP contribution is -2.16. The predicted octanol–water partition coefficient (Wildman–Crippen LogP) is 2.17. The number of halogens is 1. The van der Waals surface area contributed by atoms with Gasteiger partial charge in [-0.1, -0.05) is 0 Å². The van der Waals surface area contributed by atoms with E-state index in [1.165, 1.54) is 18.4 Å². The zero-order valence-electron chi connectivity index (χ0n) is 8.47. The zero-order chi connectivity index (χ0) is 10.1. The van der Waals surface area contributed by atoms with Crippen molar-refractivity contribution >= 4 is 11.6 Å². The Bertz CT molecular complexity index is 322. The van der Waals surface area contributed by atoms with Crippen LogP contribution in [0.2, 0.25) is 5.28 Å². The van der Waals surface area contributed by atoms with Crippen LogP contribution >= 0.6 is 11.6 Å². The van der Waals surface area contributed by atoms with Gasteiger partial charge in [-0.25, -0.2) is 9.97 Å². The quantitative estimate of drug-likeness (QED) is 0.724. The van der Waals surface area contributed by atoms with E-state index in [4.69, 9.17) is 11.6 Å². The van der Waals surface area contributed by atoms with Gasteiger partial charge in [0.05, 0.1) is 0 Å². The molecular weight excluding hydrogens is 198 g/mol. The Hall–Kier alpha value is -0.670. The van der Waals surface area contributed by atoms with Gasteiger partial charge in [-0.3, -0.25) is 0 Å². The SMILES string of the molecule is Cc1nc(Cl)nc(C)c1C1CCCN1. The van der Waals surface area contributed by atoms with Crippen LogP contribution in [-0.2, 0) is 0 Å². The minimum atomic E-state index is 0.349. The number of aryl methyl sites for hydroxylation is 2. The van der Waals surface area contributed by atoms with E-state index in [1.807, 2.05) is 13.8 Å². The Balaban J connectivity index is 2.40. The minimum absolute atomic E-state index is 0.349. The highest BCUT2D eigenvalue weighted by molar-refractivity contribution is 6.28. The van der Waals surface area contributed by atoms with Gasteiger partial charge >= 0.3 is 0 Å². The second-order valence-corrected chi connectivity index (χ2v) is 4.06. The van der Waals surface area contributed by atoms with Gasteiger partial charge in [0.15, 0.2) is 0 Å². The van der Waals surface area contributed by atoms with Crippen molar-refractivity contribution in [3.63, 3.8) is 0 Å². The molecule has 0 saturated carbocycles. The highest BCUT2D eigenvalue weighted by atomic mass is 35.5. The molecule has 76 valence electrons. The van der Waals surface area contributed by atoms with Crippen LogP contribution in [0.1, 0.15) is 35.8 Å². The first kappa shape index (κ1) is 9.87. The Labute approximate surface area is 88.9 Å². The molecule has 1 saturated heterocycles. The molecule has 0 aromatic carbocycles. The molecule has 4 heteroatoms. The number of nitrogens with one attached hydrogen (secondary N) is 1. The second kappa shape index (κ2) is 3.83. The molecular formula is C10H14ClN3. The molecule has 1 aliphatic heterocycles. The first-order valence-electron chi connectivity index (χ1n) is 4.92. The van der Waals surface area contributed by atoms with Crippen LogP contribution in [0, 0.1) is 13.8 Å². The summed E-state index contributed by atoms with van der Waals surface area (Å²) in [5, 5.41) is 3.80. The summed E-state index contributed by atoms with van der Waals surface area (Å²) in [4.78, 5) is 8.39. The van der Waals surface area contributed by atoms with Crippen molar-refractivity contribution in [2.75, 3.05) is 6.54 Å². The molecule has 2 rings (SSSR count). The molecule has 0 amide bonds. The highest BCUT2D eigenvalue weighted by Gasteiger charge is 2.21. The van der Waals surface area contributed by atoms with E-state index in [-0.39, 0.29) is 0 Å². The van der Waals surface area contributed by atoms with Crippen molar-refractivity contribution in [2.24, 2.45) is 0 Å². The number of nitrogens with zero attached hydrogens (tertiary/aromatic N) is 2. The van der Waals surface area contributed by atoms with Gasteiger partial charge in [-0.15, -0.1) is 0 Å². The third kappa shape index (κ3) is 1.74. The van der Waals surface area contributed by atoms with E-state index < -0.39 is 0 Å². The summed E-state index contributed by atoms with van der Waals surface area (Å²) >= 11 is 5.79. The highest BCUT2D eigenvalue weighted by Crippen LogP contribution is 2.27. The fourth-order valence-corrected chi connectivity index (χ4v) is 2.37. The molecule has 1 unspecified atom stereocenters. The van der Waals surface area contributed by atoms with Crippen LogP contribution in [-0.4, -0.2) is 16.5 Å². The topological polar surface area (TPSA) is 37.8 Å². The third-order valence-electron chi connectivity index (χ3n) is 2.71. The molecule has 2 heterocycles. The summed E-state index contributed by atoms with van der Waals surface area (Å²) in [6.45, 7) is 5.08. The summed E-state index contributed by atoms with van der Waals surface area (Å²) in [7, 11) is 0. The van der Waals surface area contributed by atoms with Crippen LogP contribution < -0.4 is 5.32 Å². The summed E-state index contributed by atoms with van der Waals surface area (Å²) in [5.74, 6) is 0. The van der Waals surface area contributed by atoms with Gasteiger partial charge in [-0.05, 0) is 44.8 Å². The Kier molecular flexibility index (Phi) is 2.70. The first-order chi connectivity index (χ1) is 6.68. The van der Waals surface area contributed by atoms with Crippen LogP contribution in [0.3, 0.4) is 0 Å². The van der Waals surface area contributed by atoms with Crippen molar-refractivity contribution in [1.82, 2.24) is 15.3 Å². The van der Waals surface area contributed by atoms with Gasteiger partial charge in [0.25, 0.3) is 0 Å². The standard InChI is InChI=1S/C10H14ClN3/c1-6-9(8-4-3-5-12-8)7(2)14-10(11)13-6/h8,12H,3-5H2,1-2H3. The molecule has 1 aliphatic rings. The fourth-order valence-electron chi connectivity index (χ4n) is 2.12. The summed E-state index contributed by atoms with van der Waals surface area (Å²) in [5.41, 5.74) is 3.23. The molecule has 1 aromatic heterocycles. The molecule has 1 N–H and O–H groups in total. The molecule has 14 heavy (non-hydrogen) atoms. The summed E-state index contributed by atoms with van der Waals surface area (Å²) in [6.07, 6.45) is 2.40. The zero-order valence-corrected chi connectivity index (χ0v) is 9.23. The lowest BCUT2D eigenvalue weighted by molar-refractivity contribution is 0.630. The van der Waals surface area contributed by atoms with Crippen molar-refractivity contribution < 1.29 is 0 Å². The van der Waals surface area contributed by atoms with E-state index in [0.29, 0.717) is 11.3 Å². The fraction of sp³-hybridized carbons (Fsp3) is 0.600. The van der Waals surface area contributed by atoms with E-state index in [0.717, 1.165) is 17.9 Å². The predicted molar refractivity (Wildman–Crippen MR) is 56.5 cm³/mol. The van der Waals surface area contributed by atoms with E-state index in [9.17, 15) is 0 Å². The number of aromatic nitrogens is 2. The van der Waals surface area contributed by atoms with Crippen molar-refractivity contribution in [1.29, 1.82) is 0 Å². The van der Waals surface area contributed by atoms with Crippen LogP contribution in [0.4, 0.5) is 0 Å². The van der Waals surface area contributed by atoms with E-state index in [1.54, 1.807) is 0 Å². The molecule has 0 radical (unpaired) electrons. The molecule has 3 nitrogen and oxygen atoms in total. The maximum Gasteiger partial charge on any atom is 0.222 e. The number of hydrogen-bond donors (Lipinski definition) is 1. The normalized spacial score (nSPS) is 21.5. The summed E-state index contributed by atoms with van der Waals surface area (Å²) in [6, 6.07) is 0.423. The molecule has 1 atom stereocenters. The minimum Gasteiger partial charge on any atom is -0.310 e. The average molecular weight is 212 g/mol. The van der Waals surface area contributed by atoms with E-state index >= 15 is 0 Å². The van der Waals surface area contributed by atoms with Crippen molar-refractivity contribution in [2.45, 2.75) is 32.7 Å². The molecule has 1 aromatic rings. The largest absolute Gasteiger partial charge is 0.310 e. The second-order valence-electron chi connectivity index (χ2n) is 3.73. The van der Waals surface area contributed by atoms with Gasteiger partial charge < -0.3 is 5.32 Å². The molecule has 0 bridgehead atoms. The third-order valence-corrected chi connectivity index (χ3v) is 2.88. The summed E-state index contributed by atoms with van der Waals surface area (Å²) < 4.78 is 0. The maximum atomic E-state index is 5.79. The maximum absolute atomic E-state index is 5.79. The van der Waals surface area contributed by atoms with Crippen LogP contribution in [0.5, 0.6) is 0 Å². The number of hydrogen-bond acceptors (Lipinski definition) is 3. The Morgan fingerprint density at radius 3 is 2.43 bits per heavy atom. The van der Waals surface area contributed by atoms with Gasteiger partial charge in [0, 0.05) is 23.0 Å². The van der Waals surface area contributed by atoms with Gasteiger partial charge in [-0.2, -0.15) is 0 Å². The smallest absolute Gasteiger partial charge is 0.222 e. The number of rotatable bonds is 1. The van der Waals surface area contributed by atoms with Gasteiger partial charge in [0.2, 0.25) is 5.28 Å². The van der Waals surface area contributed by atoms with Crippen LogP contribution in [0.25, 0.3) is 0 Å². The monoisotopic (exact) mass is 211 g/mol. The van der Waals surface area contributed by atoms with E-state index in [2.05, 4.69) is 15.3 Å². The molecule has 0 spiro atoms. The van der Waals surface area contributed by atoms with Crippen molar-refractivity contribution in [3.8, 4) is 0 Å². The lowest BCUT2D eigenvalue weighted by atomic mass is 10.0. The van der Waals surface area contributed by atoms with Crippen LogP contribution in [0.15, 0.2) is 0 Å². The Morgan fingerprint density at radius 1 is 1.29 bits per heavy atom. The average Bonchev–Trinajstić information content (AvgIpc) is 2.54. The lowest BCUT2D eigenvalue weighted by Gasteiger charge is -2.15. The van der Waals surface area contributed by atoms with Crippen molar-refractivity contribution in [3.05, 3.63) is 22.2 Å². The first-order valence-corrected chi connectivity index (χ1v) is 5.30. The van der Waals surface area contributed by atoms with Gasteiger partial charge in [0.1, 0.15) is 0 Å². The Morgan fingerprint density at radius 2 is 1.93 bits per heavy atom. The molecule has 1 fully saturated rings. The molecule has 0 aliphatic carbocycles.